The summed E-state index contributed by atoms with van der Waals surface area (Å²) in [5, 5.41) is 7.82. The average molecular weight is 500 g/mol. The van der Waals surface area contributed by atoms with Crippen LogP contribution in [0.15, 0.2) is 46.0 Å². The SMILES string of the molecule is CCC(C)NC(=O)c1ccc2c(=O)n(CC(C)C)c3nn(Cc4ccc(F)cc4Cl)c(=O)n3c2c1. The van der Waals surface area contributed by atoms with E-state index < -0.39 is 11.5 Å². The van der Waals surface area contributed by atoms with Crippen molar-refractivity contribution in [2.45, 2.75) is 53.2 Å². The minimum absolute atomic E-state index is 0.00875. The van der Waals surface area contributed by atoms with Crippen LogP contribution in [0.3, 0.4) is 0 Å². The molecule has 2 heterocycles. The van der Waals surface area contributed by atoms with Gasteiger partial charge in [0.15, 0.2) is 0 Å². The summed E-state index contributed by atoms with van der Waals surface area (Å²) in [4.78, 5) is 39.6. The molecule has 0 aliphatic rings. The van der Waals surface area contributed by atoms with Gasteiger partial charge in [0.05, 0.1) is 17.4 Å². The molecule has 1 amide bonds. The van der Waals surface area contributed by atoms with Crippen LogP contribution >= 0.6 is 11.6 Å². The molecule has 1 atom stereocenters. The number of fused-ring (bicyclic) bond motifs is 3. The first-order valence-electron chi connectivity index (χ1n) is 11.5. The number of nitrogens with zero attached hydrogens (tertiary/aromatic N) is 4. The van der Waals surface area contributed by atoms with Crippen molar-refractivity contribution in [2.75, 3.05) is 0 Å². The van der Waals surface area contributed by atoms with Gasteiger partial charge in [0.1, 0.15) is 5.82 Å². The fraction of sp³-hybridized carbons (Fsp3) is 0.360. The lowest BCUT2D eigenvalue weighted by atomic mass is 10.1. The molecule has 1 N–H and O–H groups in total. The third-order valence-corrected chi connectivity index (χ3v) is 6.26. The van der Waals surface area contributed by atoms with E-state index in [0.29, 0.717) is 28.6 Å². The molecular weight excluding hydrogens is 473 g/mol. The number of hydrogen-bond donors (Lipinski definition) is 1. The third kappa shape index (κ3) is 4.73. The maximum atomic E-state index is 13.5. The summed E-state index contributed by atoms with van der Waals surface area (Å²) in [5.74, 6) is -0.499. The van der Waals surface area contributed by atoms with Gasteiger partial charge in [0.25, 0.3) is 11.5 Å². The van der Waals surface area contributed by atoms with Gasteiger partial charge in [-0.15, -0.1) is 5.10 Å². The number of nitrogens with one attached hydrogen (secondary N) is 1. The second-order valence-corrected chi connectivity index (χ2v) is 9.54. The van der Waals surface area contributed by atoms with Crippen LogP contribution in [0.25, 0.3) is 16.7 Å². The molecule has 0 bridgehead atoms. The minimum atomic E-state index is -0.498. The lowest BCUT2D eigenvalue weighted by Gasteiger charge is -2.14. The molecule has 1 unspecified atom stereocenters. The van der Waals surface area contributed by atoms with Crippen molar-refractivity contribution < 1.29 is 9.18 Å². The summed E-state index contributed by atoms with van der Waals surface area (Å²) in [7, 11) is 0. The first-order chi connectivity index (χ1) is 16.6. The van der Waals surface area contributed by atoms with E-state index in [4.69, 9.17) is 11.6 Å². The number of hydrogen-bond acceptors (Lipinski definition) is 4. The highest BCUT2D eigenvalue weighted by Crippen LogP contribution is 2.19. The predicted molar refractivity (Wildman–Crippen MR) is 134 cm³/mol. The smallest absolute Gasteiger partial charge is 0.350 e. The molecular formula is C25H27ClFN5O3. The van der Waals surface area contributed by atoms with Crippen LogP contribution < -0.4 is 16.6 Å². The van der Waals surface area contributed by atoms with Gasteiger partial charge in [0.2, 0.25) is 5.78 Å². The largest absolute Gasteiger partial charge is 0.352 e. The fourth-order valence-electron chi connectivity index (χ4n) is 3.91. The standard InChI is InChI=1S/C25H27ClFN5O3/c1-5-15(4)28-22(33)16-7-9-19-21(10-16)32-24(30(23(19)34)12-14(2)3)29-31(25(32)35)13-17-6-8-18(27)11-20(17)26/h6-11,14-15H,5,12-13H2,1-4H3,(H,28,33). The normalized spacial score (nSPS) is 12.5. The number of rotatable bonds is 7. The van der Waals surface area contributed by atoms with Crippen molar-refractivity contribution in [1.29, 1.82) is 0 Å². The van der Waals surface area contributed by atoms with E-state index in [9.17, 15) is 18.8 Å². The van der Waals surface area contributed by atoms with Crippen LogP contribution in [-0.4, -0.2) is 30.7 Å². The summed E-state index contributed by atoms with van der Waals surface area (Å²) < 4.78 is 17.5. The minimum Gasteiger partial charge on any atom is -0.350 e. The first kappa shape index (κ1) is 24.7. The number of carbonyl (C=O) groups excluding carboxylic acids is 1. The zero-order valence-corrected chi connectivity index (χ0v) is 20.8. The Labute approximate surface area is 205 Å². The number of aromatic nitrogens is 4. The van der Waals surface area contributed by atoms with Crippen LogP contribution in [0.2, 0.25) is 5.02 Å². The highest BCUT2D eigenvalue weighted by Gasteiger charge is 2.20. The first-order valence-corrected chi connectivity index (χ1v) is 11.9. The molecule has 0 aliphatic heterocycles. The van der Waals surface area contributed by atoms with Crippen molar-refractivity contribution >= 4 is 34.2 Å². The molecule has 4 rings (SSSR count). The monoisotopic (exact) mass is 499 g/mol. The van der Waals surface area contributed by atoms with Gasteiger partial charge in [-0.1, -0.05) is 38.4 Å². The predicted octanol–water partition coefficient (Wildman–Crippen LogP) is 3.84. The maximum Gasteiger partial charge on any atom is 0.352 e. The second kappa shape index (κ2) is 9.65. The van der Waals surface area contributed by atoms with E-state index in [-0.39, 0.29) is 40.8 Å². The molecule has 0 spiro atoms. The Hall–Kier alpha value is -3.46. The molecule has 0 fully saturated rings. The van der Waals surface area contributed by atoms with Crippen LogP contribution in [0.5, 0.6) is 0 Å². The van der Waals surface area contributed by atoms with Crippen LogP contribution in [0.1, 0.15) is 50.0 Å². The number of amides is 1. The molecule has 8 nitrogen and oxygen atoms in total. The zero-order valence-electron chi connectivity index (χ0n) is 20.0. The topological polar surface area (TPSA) is 90.4 Å². The van der Waals surface area contributed by atoms with Gasteiger partial charge in [-0.2, -0.15) is 0 Å². The number of benzene rings is 2. The molecule has 10 heteroatoms. The van der Waals surface area contributed by atoms with E-state index in [2.05, 4.69) is 10.4 Å². The molecule has 0 radical (unpaired) electrons. The highest BCUT2D eigenvalue weighted by atomic mass is 35.5. The van der Waals surface area contributed by atoms with E-state index >= 15 is 0 Å². The van der Waals surface area contributed by atoms with Crippen LogP contribution in [0, 0.1) is 11.7 Å². The summed E-state index contributed by atoms with van der Waals surface area (Å²) in [6.45, 7) is 8.13. The van der Waals surface area contributed by atoms with E-state index in [1.807, 2.05) is 27.7 Å². The molecule has 0 aliphatic carbocycles. The lowest BCUT2D eigenvalue weighted by Crippen LogP contribution is -2.32. The van der Waals surface area contributed by atoms with Crippen molar-refractivity contribution in [3.63, 3.8) is 0 Å². The Balaban J connectivity index is 1.96. The fourth-order valence-corrected chi connectivity index (χ4v) is 4.14. The third-order valence-electron chi connectivity index (χ3n) is 5.91. The number of halogens is 2. The van der Waals surface area contributed by atoms with Crippen molar-refractivity contribution in [1.82, 2.24) is 24.1 Å². The van der Waals surface area contributed by atoms with Gasteiger partial charge in [-0.05, 0) is 55.2 Å². The quantitative estimate of drug-likeness (QED) is 0.418. The van der Waals surface area contributed by atoms with Crippen molar-refractivity contribution in [2.24, 2.45) is 5.92 Å². The van der Waals surface area contributed by atoms with Gasteiger partial charge >= 0.3 is 5.69 Å². The van der Waals surface area contributed by atoms with Gasteiger partial charge in [-0.3, -0.25) is 14.2 Å². The summed E-state index contributed by atoms with van der Waals surface area (Å²) >= 11 is 6.17. The van der Waals surface area contributed by atoms with Crippen LogP contribution in [0.4, 0.5) is 4.39 Å². The molecule has 4 aromatic rings. The second-order valence-electron chi connectivity index (χ2n) is 9.14. The Morgan fingerprint density at radius 2 is 1.89 bits per heavy atom. The van der Waals surface area contributed by atoms with Crippen LogP contribution in [-0.2, 0) is 13.1 Å². The Kier molecular flexibility index (Phi) is 6.80. The van der Waals surface area contributed by atoms with E-state index in [1.165, 1.54) is 31.8 Å². The van der Waals surface area contributed by atoms with E-state index in [0.717, 1.165) is 6.42 Å². The van der Waals surface area contributed by atoms with Gasteiger partial charge in [0, 0.05) is 23.2 Å². The zero-order chi connectivity index (χ0) is 25.4. The Morgan fingerprint density at radius 1 is 1.14 bits per heavy atom. The Morgan fingerprint density at radius 3 is 2.54 bits per heavy atom. The number of carbonyl (C=O) groups is 1. The summed E-state index contributed by atoms with van der Waals surface area (Å²) in [6.07, 6.45) is 0.766. The molecule has 2 aromatic carbocycles. The molecule has 2 aromatic heterocycles. The Bertz CT molecular complexity index is 1550. The average Bonchev–Trinajstić information content (AvgIpc) is 3.13. The van der Waals surface area contributed by atoms with Crippen molar-refractivity contribution in [3.05, 3.63) is 79.2 Å². The van der Waals surface area contributed by atoms with Crippen molar-refractivity contribution in [3.8, 4) is 0 Å². The highest BCUT2D eigenvalue weighted by molar-refractivity contribution is 6.31. The van der Waals surface area contributed by atoms with Gasteiger partial charge < -0.3 is 5.32 Å². The van der Waals surface area contributed by atoms with Gasteiger partial charge in [-0.25, -0.2) is 18.3 Å². The molecule has 184 valence electrons. The maximum absolute atomic E-state index is 13.5. The summed E-state index contributed by atoms with van der Waals surface area (Å²) in [5.41, 5.74) is 0.341. The molecule has 35 heavy (non-hydrogen) atoms. The molecule has 0 saturated carbocycles. The molecule has 0 saturated heterocycles. The summed E-state index contributed by atoms with van der Waals surface area (Å²) in [6, 6.07) is 8.59. The van der Waals surface area contributed by atoms with E-state index in [1.54, 1.807) is 18.2 Å². The lowest BCUT2D eigenvalue weighted by molar-refractivity contribution is 0.0939.